The number of methoxy groups -OCH3 is 2. The fraction of sp³-hybridized carbons (Fsp3) is 0.158. The van der Waals surface area contributed by atoms with Crippen molar-refractivity contribution in [3.63, 3.8) is 0 Å². The van der Waals surface area contributed by atoms with E-state index in [0.717, 1.165) is 16.9 Å². The molecular weight excluding hydrogens is 372 g/mol. The average Bonchev–Trinajstić information content (AvgIpc) is 3.09. The van der Waals surface area contributed by atoms with Gasteiger partial charge in [-0.25, -0.2) is 4.98 Å². The predicted molar refractivity (Wildman–Crippen MR) is 104 cm³/mol. The van der Waals surface area contributed by atoms with E-state index in [1.165, 1.54) is 11.3 Å². The summed E-state index contributed by atoms with van der Waals surface area (Å²) < 4.78 is 10.4. The third kappa shape index (κ3) is 4.53. The Morgan fingerprint density at radius 2 is 1.77 bits per heavy atom. The molecule has 1 N–H and O–H groups in total. The van der Waals surface area contributed by atoms with Gasteiger partial charge in [0, 0.05) is 34.1 Å². The van der Waals surface area contributed by atoms with Crippen LogP contribution in [0.4, 0.5) is 5.13 Å². The first-order valence-electron chi connectivity index (χ1n) is 7.81. The second-order valence-corrected chi connectivity index (χ2v) is 7.04. The van der Waals surface area contributed by atoms with E-state index in [-0.39, 0.29) is 5.91 Å². The van der Waals surface area contributed by atoms with Gasteiger partial charge in [0.1, 0.15) is 11.5 Å². The van der Waals surface area contributed by atoms with Crippen LogP contribution in [-0.4, -0.2) is 25.1 Å². The molecule has 0 bridgehead atoms. The van der Waals surface area contributed by atoms with Crippen molar-refractivity contribution < 1.29 is 14.3 Å². The highest BCUT2D eigenvalue weighted by Gasteiger charge is 2.12. The maximum absolute atomic E-state index is 12.5. The third-order valence-electron chi connectivity index (χ3n) is 3.68. The molecule has 26 heavy (non-hydrogen) atoms. The van der Waals surface area contributed by atoms with Crippen LogP contribution in [0.25, 0.3) is 0 Å². The number of nitrogens with one attached hydrogen (secondary N) is 1. The fourth-order valence-corrected chi connectivity index (χ4v) is 3.33. The molecule has 0 saturated heterocycles. The molecule has 3 rings (SSSR count). The Morgan fingerprint density at radius 1 is 1.12 bits per heavy atom. The molecule has 0 radical (unpaired) electrons. The number of thiazole rings is 1. The van der Waals surface area contributed by atoms with Gasteiger partial charge in [0.25, 0.3) is 5.91 Å². The first-order chi connectivity index (χ1) is 12.6. The van der Waals surface area contributed by atoms with Crippen molar-refractivity contribution in [2.75, 3.05) is 19.5 Å². The largest absolute Gasteiger partial charge is 0.497 e. The van der Waals surface area contributed by atoms with Gasteiger partial charge in [0.05, 0.1) is 14.2 Å². The number of carbonyl (C=O) groups excluding carboxylic acids is 1. The SMILES string of the molecule is COc1cc(OC)cc(C(=O)Nc2ncc(Cc3ccc(Cl)cc3)s2)c1. The number of hydrogen-bond donors (Lipinski definition) is 1. The maximum atomic E-state index is 12.5. The lowest BCUT2D eigenvalue weighted by Crippen LogP contribution is -2.11. The number of hydrogen-bond acceptors (Lipinski definition) is 5. The monoisotopic (exact) mass is 388 g/mol. The summed E-state index contributed by atoms with van der Waals surface area (Å²) in [6, 6.07) is 12.7. The summed E-state index contributed by atoms with van der Waals surface area (Å²) in [6.45, 7) is 0. The van der Waals surface area contributed by atoms with Gasteiger partial charge in [-0.3, -0.25) is 10.1 Å². The van der Waals surface area contributed by atoms with Crippen molar-refractivity contribution in [1.29, 1.82) is 0 Å². The number of anilines is 1. The Labute approximate surface area is 160 Å². The second kappa shape index (κ2) is 8.21. The van der Waals surface area contributed by atoms with E-state index in [2.05, 4.69) is 10.3 Å². The van der Waals surface area contributed by atoms with Crippen LogP contribution in [0.15, 0.2) is 48.7 Å². The predicted octanol–water partition coefficient (Wildman–Crippen LogP) is 4.66. The number of nitrogens with zero attached hydrogens (tertiary/aromatic N) is 1. The van der Waals surface area contributed by atoms with Crippen molar-refractivity contribution in [2.45, 2.75) is 6.42 Å². The number of halogens is 1. The van der Waals surface area contributed by atoms with Crippen LogP contribution >= 0.6 is 22.9 Å². The summed E-state index contributed by atoms with van der Waals surface area (Å²) in [5, 5.41) is 4.06. The molecule has 0 aliphatic rings. The molecule has 0 spiro atoms. The van der Waals surface area contributed by atoms with Crippen LogP contribution in [0, 0.1) is 0 Å². The van der Waals surface area contributed by atoms with Gasteiger partial charge in [0.2, 0.25) is 0 Å². The minimum atomic E-state index is -0.269. The molecule has 1 amide bonds. The van der Waals surface area contributed by atoms with Crippen LogP contribution in [0.5, 0.6) is 11.5 Å². The Kier molecular flexibility index (Phi) is 5.75. The summed E-state index contributed by atoms with van der Waals surface area (Å²) in [5.41, 5.74) is 1.57. The molecule has 3 aromatic rings. The molecular formula is C19H17ClN2O3S. The lowest BCUT2D eigenvalue weighted by atomic mass is 10.1. The lowest BCUT2D eigenvalue weighted by molar-refractivity contribution is 0.102. The third-order valence-corrected chi connectivity index (χ3v) is 4.84. The van der Waals surface area contributed by atoms with E-state index < -0.39 is 0 Å². The van der Waals surface area contributed by atoms with E-state index >= 15 is 0 Å². The average molecular weight is 389 g/mol. The minimum Gasteiger partial charge on any atom is -0.497 e. The molecule has 2 aromatic carbocycles. The zero-order chi connectivity index (χ0) is 18.5. The van der Waals surface area contributed by atoms with Gasteiger partial charge in [-0.1, -0.05) is 23.7 Å². The molecule has 0 fully saturated rings. The molecule has 134 valence electrons. The maximum Gasteiger partial charge on any atom is 0.257 e. The highest BCUT2D eigenvalue weighted by Crippen LogP contribution is 2.25. The Bertz CT molecular complexity index is 887. The number of benzene rings is 2. The fourth-order valence-electron chi connectivity index (χ4n) is 2.36. The van der Waals surface area contributed by atoms with Gasteiger partial charge < -0.3 is 9.47 Å². The molecule has 1 heterocycles. The Balaban J connectivity index is 1.70. The number of ether oxygens (including phenoxy) is 2. The molecule has 7 heteroatoms. The van der Waals surface area contributed by atoms with Gasteiger partial charge in [-0.05, 0) is 29.8 Å². The van der Waals surface area contributed by atoms with Crippen molar-refractivity contribution in [3.05, 3.63) is 69.7 Å². The van der Waals surface area contributed by atoms with E-state index in [1.54, 1.807) is 38.6 Å². The lowest BCUT2D eigenvalue weighted by Gasteiger charge is -2.08. The molecule has 0 unspecified atom stereocenters. The van der Waals surface area contributed by atoms with Crippen molar-refractivity contribution >= 4 is 34.0 Å². The van der Waals surface area contributed by atoms with Gasteiger partial charge >= 0.3 is 0 Å². The Hall–Kier alpha value is -2.57. The first-order valence-corrected chi connectivity index (χ1v) is 9.00. The molecule has 0 atom stereocenters. The van der Waals surface area contributed by atoms with E-state index in [9.17, 15) is 4.79 Å². The van der Waals surface area contributed by atoms with E-state index in [1.807, 2.05) is 24.3 Å². The van der Waals surface area contributed by atoms with Crippen molar-refractivity contribution in [2.24, 2.45) is 0 Å². The number of amides is 1. The van der Waals surface area contributed by atoms with Gasteiger partial charge in [-0.15, -0.1) is 11.3 Å². The summed E-state index contributed by atoms with van der Waals surface area (Å²) in [5.74, 6) is 0.837. The number of carbonyl (C=O) groups is 1. The van der Waals surface area contributed by atoms with Crippen LogP contribution in [-0.2, 0) is 6.42 Å². The molecule has 0 aliphatic heterocycles. The normalized spacial score (nSPS) is 10.4. The van der Waals surface area contributed by atoms with Crippen LogP contribution in [0.3, 0.4) is 0 Å². The quantitative estimate of drug-likeness (QED) is 0.667. The standard InChI is InChI=1S/C19H17ClN2O3S/c1-24-15-8-13(9-16(10-15)25-2)18(23)22-19-21-11-17(26-19)7-12-3-5-14(20)6-4-12/h3-6,8-11H,7H2,1-2H3,(H,21,22,23). The number of aromatic nitrogens is 1. The minimum absolute atomic E-state index is 0.269. The van der Waals surface area contributed by atoms with Crippen molar-refractivity contribution in [3.8, 4) is 11.5 Å². The van der Waals surface area contributed by atoms with Crippen LogP contribution in [0.1, 0.15) is 20.8 Å². The molecule has 0 aliphatic carbocycles. The van der Waals surface area contributed by atoms with E-state index in [4.69, 9.17) is 21.1 Å². The topological polar surface area (TPSA) is 60.5 Å². The highest BCUT2D eigenvalue weighted by atomic mass is 35.5. The highest BCUT2D eigenvalue weighted by molar-refractivity contribution is 7.15. The van der Waals surface area contributed by atoms with Gasteiger partial charge in [0.15, 0.2) is 5.13 Å². The molecule has 5 nitrogen and oxygen atoms in total. The summed E-state index contributed by atoms with van der Waals surface area (Å²) >= 11 is 7.34. The van der Waals surface area contributed by atoms with Crippen LogP contribution in [0.2, 0.25) is 5.02 Å². The Morgan fingerprint density at radius 3 is 2.38 bits per heavy atom. The second-order valence-electron chi connectivity index (χ2n) is 5.49. The molecule has 1 aromatic heterocycles. The number of rotatable bonds is 6. The zero-order valence-electron chi connectivity index (χ0n) is 14.3. The summed E-state index contributed by atoms with van der Waals surface area (Å²) in [6.07, 6.45) is 2.50. The molecule has 0 saturated carbocycles. The van der Waals surface area contributed by atoms with Crippen LogP contribution < -0.4 is 14.8 Å². The summed E-state index contributed by atoms with van der Waals surface area (Å²) in [4.78, 5) is 17.8. The van der Waals surface area contributed by atoms with Gasteiger partial charge in [-0.2, -0.15) is 0 Å². The van der Waals surface area contributed by atoms with Crippen molar-refractivity contribution in [1.82, 2.24) is 4.98 Å². The zero-order valence-corrected chi connectivity index (χ0v) is 15.9. The van der Waals surface area contributed by atoms with E-state index in [0.29, 0.717) is 27.2 Å². The first kappa shape index (κ1) is 18.2. The summed E-state index contributed by atoms with van der Waals surface area (Å²) in [7, 11) is 3.08. The smallest absolute Gasteiger partial charge is 0.257 e.